The van der Waals surface area contributed by atoms with Gasteiger partial charge in [0.15, 0.2) is 17.3 Å². The van der Waals surface area contributed by atoms with Crippen LogP contribution in [0.1, 0.15) is 37.4 Å². The molecule has 0 spiro atoms. The summed E-state index contributed by atoms with van der Waals surface area (Å²) in [4.78, 5) is 18.4. The summed E-state index contributed by atoms with van der Waals surface area (Å²) in [5.41, 5.74) is 6.71. The van der Waals surface area contributed by atoms with Crippen molar-refractivity contribution in [1.29, 1.82) is 0 Å². The van der Waals surface area contributed by atoms with Crippen molar-refractivity contribution in [1.82, 2.24) is 24.5 Å². The number of benzene rings is 1. The van der Waals surface area contributed by atoms with Crippen LogP contribution in [0.4, 0.5) is 5.82 Å². The number of hydrogen-bond acceptors (Lipinski definition) is 5. The lowest BCUT2D eigenvalue weighted by atomic mass is 10.0. The van der Waals surface area contributed by atoms with E-state index >= 15 is 0 Å². The van der Waals surface area contributed by atoms with Crippen molar-refractivity contribution >= 4 is 22.6 Å². The molecule has 30 heavy (non-hydrogen) atoms. The van der Waals surface area contributed by atoms with Gasteiger partial charge in [-0.1, -0.05) is 30.3 Å². The smallest absolute Gasteiger partial charge is 0.166 e. The molecule has 0 atom stereocenters. The zero-order chi connectivity index (χ0) is 20.5. The van der Waals surface area contributed by atoms with Crippen LogP contribution in [0.15, 0.2) is 61.2 Å². The molecule has 0 fully saturated rings. The van der Waals surface area contributed by atoms with Crippen LogP contribution in [-0.4, -0.2) is 31.0 Å². The number of allylic oxidation sites excluding steroid dienone is 1. The molecule has 0 unspecified atom stereocenters. The van der Waals surface area contributed by atoms with Gasteiger partial charge in [-0.2, -0.15) is 0 Å². The number of anilines is 1. The average Bonchev–Trinajstić information content (AvgIpc) is 3.39. The highest BCUT2D eigenvalue weighted by Gasteiger charge is 2.17. The Hall–Kier alpha value is -3.54. The van der Waals surface area contributed by atoms with Crippen molar-refractivity contribution in [3.8, 4) is 11.4 Å². The molecule has 4 aromatic rings. The fourth-order valence-corrected chi connectivity index (χ4v) is 3.95. The average molecular weight is 396 g/mol. The van der Waals surface area contributed by atoms with E-state index in [9.17, 15) is 0 Å². The fraction of sp³-hybridized carbons (Fsp3) is 0.250. The number of pyridine rings is 1. The Labute approximate surface area is 175 Å². The third-order valence-electron chi connectivity index (χ3n) is 5.52. The number of nitrogens with zero attached hydrogens (tertiary/aromatic N) is 5. The van der Waals surface area contributed by atoms with Gasteiger partial charge in [0.05, 0.1) is 6.33 Å². The maximum Gasteiger partial charge on any atom is 0.166 e. The van der Waals surface area contributed by atoms with Crippen LogP contribution in [0.3, 0.4) is 0 Å². The first-order valence-corrected chi connectivity index (χ1v) is 10.4. The highest BCUT2D eigenvalue weighted by molar-refractivity contribution is 5.85. The third-order valence-corrected chi connectivity index (χ3v) is 5.52. The number of hydrogen-bond donors (Lipinski definition) is 1. The second kappa shape index (κ2) is 7.71. The van der Waals surface area contributed by atoms with E-state index in [1.54, 1.807) is 12.4 Å². The minimum atomic E-state index is 0.264. The molecule has 5 rings (SSSR count). The summed E-state index contributed by atoms with van der Waals surface area (Å²) >= 11 is 0. The summed E-state index contributed by atoms with van der Waals surface area (Å²) in [6, 6.07) is 12.8. The number of imidazole rings is 1. The Balaban J connectivity index is 1.45. The molecule has 0 saturated heterocycles. The van der Waals surface area contributed by atoms with E-state index in [0.717, 1.165) is 41.9 Å². The van der Waals surface area contributed by atoms with Crippen LogP contribution in [-0.2, 0) is 6.42 Å². The van der Waals surface area contributed by atoms with Crippen molar-refractivity contribution in [2.24, 2.45) is 0 Å². The Morgan fingerprint density at radius 1 is 1.10 bits per heavy atom. The zero-order valence-corrected chi connectivity index (χ0v) is 17.2. The van der Waals surface area contributed by atoms with Crippen molar-refractivity contribution in [3.05, 3.63) is 72.3 Å². The molecular formula is C24H24N6. The molecular weight excluding hydrogens is 372 g/mol. The first-order chi connectivity index (χ1) is 14.7. The minimum absolute atomic E-state index is 0.264. The van der Waals surface area contributed by atoms with Gasteiger partial charge >= 0.3 is 0 Å². The van der Waals surface area contributed by atoms with Crippen molar-refractivity contribution in [2.75, 3.05) is 11.9 Å². The largest absolute Gasteiger partial charge is 0.368 e. The highest BCUT2D eigenvalue weighted by atomic mass is 15.2. The quantitative estimate of drug-likeness (QED) is 0.501. The van der Waals surface area contributed by atoms with E-state index in [1.807, 2.05) is 18.5 Å². The van der Waals surface area contributed by atoms with E-state index in [0.29, 0.717) is 5.82 Å². The minimum Gasteiger partial charge on any atom is -0.368 e. The molecule has 6 nitrogen and oxygen atoms in total. The molecule has 1 aliphatic carbocycles. The Kier molecular flexibility index (Phi) is 4.75. The summed E-state index contributed by atoms with van der Waals surface area (Å²) in [5, 5.41) is 3.52. The van der Waals surface area contributed by atoms with Gasteiger partial charge in [0.1, 0.15) is 5.52 Å². The predicted octanol–water partition coefficient (Wildman–Crippen LogP) is 4.91. The van der Waals surface area contributed by atoms with Gasteiger partial charge in [0.2, 0.25) is 0 Å². The van der Waals surface area contributed by atoms with Gasteiger partial charge in [-0.3, -0.25) is 4.98 Å². The second-order valence-corrected chi connectivity index (χ2v) is 7.82. The van der Waals surface area contributed by atoms with Gasteiger partial charge in [-0.25, -0.2) is 15.0 Å². The van der Waals surface area contributed by atoms with Gasteiger partial charge in [0.25, 0.3) is 0 Å². The Morgan fingerprint density at radius 2 is 2.00 bits per heavy atom. The van der Waals surface area contributed by atoms with E-state index in [2.05, 4.69) is 64.0 Å². The summed E-state index contributed by atoms with van der Waals surface area (Å²) < 4.78 is 2.08. The first-order valence-electron chi connectivity index (χ1n) is 10.4. The summed E-state index contributed by atoms with van der Waals surface area (Å²) in [5.74, 6) is 1.43. The van der Waals surface area contributed by atoms with Crippen LogP contribution in [0.5, 0.6) is 0 Å². The molecule has 1 aromatic carbocycles. The SMILES string of the molecule is CC(C)n1cnc2c(NCCC3=CCc4ccccc43)nc(-c3cccnc3)nc21. The lowest BCUT2D eigenvalue weighted by molar-refractivity contribution is 0.613. The molecule has 0 saturated carbocycles. The summed E-state index contributed by atoms with van der Waals surface area (Å²) in [6.45, 7) is 5.04. The van der Waals surface area contributed by atoms with E-state index in [1.165, 1.54) is 16.7 Å². The molecule has 0 radical (unpaired) electrons. The topological polar surface area (TPSA) is 68.5 Å². The number of rotatable bonds is 6. The molecule has 0 bridgehead atoms. The summed E-state index contributed by atoms with van der Waals surface area (Å²) in [7, 11) is 0. The van der Waals surface area contributed by atoms with E-state index in [-0.39, 0.29) is 6.04 Å². The number of fused-ring (bicyclic) bond motifs is 2. The molecule has 3 aromatic heterocycles. The highest BCUT2D eigenvalue weighted by Crippen LogP contribution is 2.30. The Morgan fingerprint density at radius 3 is 2.83 bits per heavy atom. The normalized spacial score (nSPS) is 13.0. The third kappa shape index (κ3) is 3.34. The molecule has 1 N–H and O–H groups in total. The predicted molar refractivity (Wildman–Crippen MR) is 120 cm³/mol. The van der Waals surface area contributed by atoms with Gasteiger partial charge in [-0.05, 0) is 55.5 Å². The van der Waals surface area contributed by atoms with Crippen LogP contribution in [0, 0.1) is 0 Å². The standard InChI is InChI=1S/C24H24N6/c1-16(2)30-15-27-21-23(28-22(29-24(21)30)19-7-5-12-25-14-19)26-13-11-18-10-9-17-6-3-4-8-20(17)18/h3-8,10,12,14-16H,9,11,13H2,1-2H3,(H,26,28,29). The number of nitrogens with one attached hydrogen (secondary N) is 1. The Bertz CT molecular complexity index is 1220. The van der Waals surface area contributed by atoms with E-state index < -0.39 is 0 Å². The monoisotopic (exact) mass is 396 g/mol. The van der Waals surface area contributed by atoms with Crippen LogP contribution < -0.4 is 5.32 Å². The molecule has 1 aliphatic rings. The lowest BCUT2D eigenvalue weighted by Gasteiger charge is -2.12. The fourth-order valence-electron chi connectivity index (χ4n) is 3.95. The van der Waals surface area contributed by atoms with Crippen molar-refractivity contribution < 1.29 is 0 Å². The van der Waals surface area contributed by atoms with Gasteiger partial charge in [-0.15, -0.1) is 0 Å². The number of aromatic nitrogens is 5. The van der Waals surface area contributed by atoms with Crippen LogP contribution in [0.25, 0.3) is 28.1 Å². The molecule has 150 valence electrons. The van der Waals surface area contributed by atoms with Crippen LogP contribution in [0.2, 0.25) is 0 Å². The van der Waals surface area contributed by atoms with Gasteiger partial charge < -0.3 is 9.88 Å². The van der Waals surface area contributed by atoms with E-state index in [4.69, 9.17) is 9.97 Å². The molecule has 0 aliphatic heterocycles. The van der Waals surface area contributed by atoms with Gasteiger partial charge in [0, 0.05) is 30.5 Å². The summed E-state index contributed by atoms with van der Waals surface area (Å²) in [6.07, 6.45) is 9.69. The zero-order valence-electron chi connectivity index (χ0n) is 17.2. The first kappa shape index (κ1) is 18.5. The molecule has 0 amide bonds. The van der Waals surface area contributed by atoms with Crippen molar-refractivity contribution in [2.45, 2.75) is 32.7 Å². The van der Waals surface area contributed by atoms with Crippen molar-refractivity contribution in [3.63, 3.8) is 0 Å². The maximum absolute atomic E-state index is 4.80. The molecule has 6 heteroatoms. The second-order valence-electron chi connectivity index (χ2n) is 7.82. The maximum atomic E-state index is 4.80. The lowest BCUT2D eigenvalue weighted by Crippen LogP contribution is -2.08. The van der Waals surface area contributed by atoms with Crippen LogP contribution >= 0.6 is 0 Å². The molecule has 3 heterocycles.